The van der Waals surface area contributed by atoms with E-state index >= 15 is 0 Å². The van der Waals surface area contributed by atoms with Crippen molar-refractivity contribution in [2.75, 3.05) is 31.5 Å². The summed E-state index contributed by atoms with van der Waals surface area (Å²) in [6.07, 6.45) is 7.49. The minimum Gasteiger partial charge on any atom is -0.480 e. The van der Waals surface area contributed by atoms with E-state index in [1.807, 2.05) is 13.1 Å². The fourth-order valence-corrected chi connectivity index (χ4v) is 5.33. The zero-order valence-corrected chi connectivity index (χ0v) is 20.7. The highest BCUT2D eigenvalue weighted by atomic mass is 16.4. The summed E-state index contributed by atoms with van der Waals surface area (Å²) in [6.45, 7) is 3.57. The van der Waals surface area contributed by atoms with Gasteiger partial charge in [0.25, 0.3) is 5.91 Å². The highest BCUT2D eigenvalue weighted by Crippen LogP contribution is 2.24. The van der Waals surface area contributed by atoms with Gasteiger partial charge in [-0.05, 0) is 80.8 Å². The van der Waals surface area contributed by atoms with Crippen LogP contribution in [0.3, 0.4) is 0 Å². The molecule has 0 saturated carbocycles. The van der Waals surface area contributed by atoms with Gasteiger partial charge in [0.15, 0.2) is 0 Å². The quantitative estimate of drug-likeness (QED) is 0.423. The highest BCUT2D eigenvalue weighted by molar-refractivity contribution is 5.99. The van der Waals surface area contributed by atoms with Gasteiger partial charge in [-0.1, -0.05) is 6.07 Å². The van der Waals surface area contributed by atoms with Crippen LogP contribution in [0.2, 0.25) is 0 Å². The van der Waals surface area contributed by atoms with Crippen molar-refractivity contribution in [3.05, 3.63) is 53.3 Å². The summed E-state index contributed by atoms with van der Waals surface area (Å²) < 4.78 is 1.74. The maximum absolute atomic E-state index is 12.7. The first kappa shape index (κ1) is 24.2. The van der Waals surface area contributed by atoms with Crippen LogP contribution in [0.4, 0.5) is 5.82 Å². The van der Waals surface area contributed by atoms with Crippen LogP contribution in [0.1, 0.15) is 47.3 Å². The summed E-state index contributed by atoms with van der Waals surface area (Å²) in [7, 11) is 1.84. The first-order chi connectivity index (χ1) is 17.5. The van der Waals surface area contributed by atoms with Crippen molar-refractivity contribution in [3.8, 4) is 0 Å². The SMILES string of the molecule is Cn1ncc2cc(C(=O)N[C@@H](CCN3CC[C@@H](CCc4ccc5c(n4)NCCC5)C3)C(=O)O)ccc21. The van der Waals surface area contributed by atoms with Gasteiger partial charge in [0, 0.05) is 43.3 Å². The summed E-state index contributed by atoms with van der Waals surface area (Å²) in [4.78, 5) is 31.7. The van der Waals surface area contributed by atoms with Gasteiger partial charge in [0.2, 0.25) is 0 Å². The minimum atomic E-state index is -1.01. The van der Waals surface area contributed by atoms with E-state index in [4.69, 9.17) is 4.98 Å². The van der Waals surface area contributed by atoms with Crippen LogP contribution in [0.15, 0.2) is 36.5 Å². The molecule has 0 bridgehead atoms. The van der Waals surface area contributed by atoms with Crippen LogP contribution in [0, 0.1) is 5.92 Å². The molecule has 36 heavy (non-hydrogen) atoms. The third-order valence-electron chi connectivity index (χ3n) is 7.48. The molecule has 0 aliphatic carbocycles. The molecule has 2 aromatic heterocycles. The molecule has 190 valence electrons. The highest BCUT2D eigenvalue weighted by Gasteiger charge is 2.26. The number of anilines is 1. The largest absolute Gasteiger partial charge is 0.480 e. The summed E-state index contributed by atoms with van der Waals surface area (Å²) in [5.74, 6) is 0.252. The van der Waals surface area contributed by atoms with Crippen molar-refractivity contribution >= 4 is 28.6 Å². The Labute approximate surface area is 210 Å². The number of nitrogens with one attached hydrogen (secondary N) is 2. The van der Waals surface area contributed by atoms with E-state index in [1.54, 1.807) is 23.0 Å². The Hall–Kier alpha value is -3.46. The molecule has 3 N–H and O–H groups in total. The fourth-order valence-electron chi connectivity index (χ4n) is 5.33. The Bertz CT molecular complexity index is 1260. The number of nitrogens with zero attached hydrogens (tertiary/aromatic N) is 4. The van der Waals surface area contributed by atoms with E-state index in [0.717, 1.165) is 67.7 Å². The van der Waals surface area contributed by atoms with Crippen LogP contribution in [-0.4, -0.2) is 68.9 Å². The van der Waals surface area contributed by atoms with E-state index < -0.39 is 12.0 Å². The molecule has 9 heteroatoms. The number of fused-ring (bicyclic) bond motifs is 2. The summed E-state index contributed by atoms with van der Waals surface area (Å²) in [6, 6.07) is 8.72. The van der Waals surface area contributed by atoms with Gasteiger partial charge in [0.1, 0.15) is 11.9 Å². The number of aliphatic carboxylic acids is 1. The number of hydrogen-bond acceptors (Lipinski definition) is 6. The second-order valence-corrected chi connectivity index (χ2v) is 10.0. The molecule has 9 nitrogen and oxygen atoms in total. The second kappa shape index (κ2) is 10.7. The van der Waals surface area contributed by atoms with Gasteiger partial charge in [-0.25, -0.2) is 9.78 Å². The van der Waals surface area contributed by atoms with Crippen LogP contribution in [0.5, 0.6) is 0 Å². The van der Waals surface area contributed by atoms with E-state index in [0.29, 0.717) is 24.4 Å². The van der Waals surface area contributed by atoms with Crippen molar-refractivity contribution in [3.63, 3.8) is 0 Å². The van der Waals surface area contributed by atoms with Gasteiger partial charge in [-0.2, -0.15) is 5.10 Å². The molecular weight excluding hydrogens is 456 g/mol. The van der Waals surface area contributed by atoms with Crippen molar-refractivity contribution in [2.24, 2.45) is 13.0 Å². The van der Waals surface area contributed by atoms with E-state index in [9.17, 15) is 14.7 Å². The molecule has 2 atom stereocenters. The normalized spacial score (nSPS) is 18.5. The lowest BCUT2D eigenvalue weighted by atomic mass is 10.00. The van der Waals surface area contributed by atoms with Crippen LogP contribution >= 0.6 is 0 Å². The summed E-state index contributed by atoms with van der Waals surface area (Å²) >= 11 is 0. The molecule has 0 radical (unpaired) electrons. The van der Waals surface area contributed by atoms with Crippen molar-refractivity contribution in [1.29, 1.82) is 0 Å². The fraction of sp³-hybridized carbons (Fsp3) is 0.481. The topological polar surface area (TPSA) is 112 Å². The molecule has 0 spiro atoms. The number of likely N-dealkylation sites (tertiary alicyclic amines) is 1. The van der Waals surface area contributed by atoms with E-state index in [-0.39, 0.29) is 5.91 Å². The average molecular weight is 491 g/mol. The van der Waals surface area contributed by atoms with Crippen molar-refractivity contribution < 1.29 is 14.7 Å². The molecule has 1 aromatic carbocycles. The number of aryl methyl sites for hydroxylation is 3. The molecule has 1 fully saturated rings. The molecule has 2 aliphatic heterocycles. The lowest BCUT2D eigenvalue weighted by Crippen LogP contribution is -2.43. The Morgan fingerprint density at radius 1 is 1.28 bits per heavy atom. The molecule has 0 unspecified atom stereocenters. The minimum absolute atomic E-state index is 0.375. The zero-order chi connectivity index (χ0) is 25.1. The number of rotatable bonds is 9. The number of carboxylic acids is 1. The van der Waals surface area contributed by atoms with Gasteiger partial charge >= 0.3 is 5.97 Å². The second-order valence-electron chi connectivity index (χ2n) is 10.0. The molecule has 4 heterocycles. The average Bonchev–Trinajstić information content (AvgIpc) is 3.50. The Morgan fingerprint density at radius 3 is 3.03 bits per heavy atom. The Balaban J connectivity index is 1.09. The first-order valence-electron chi connectivity index (χ1n) is 12.9. The third kappa shape index (κ3) is 5.51. The number of benzene rings is 1. The molecule has 5 rings (SSSR count). The van der Waals surface area contributed by atoms with Crippen LogP contribution in [-0.2, 0) is 24.7 Å². The zero-order valence-electron chi connectivity index (χ0n) is 20.7. The van der Waals surface area contributed by atoms with Gasteiger partial charge in [-0.3, -0.25) is 9.48 Å². The monoisotopic (exact) mass is 490 g/mol. The van der Waals surface area contributed by atoms with Gasteiger partial charge < -0.3 is 20.6 Å². The van der Waals surface area contributed by atoms with Gasteiger partial charge in [0.05, 0.1) is 11.7 Å². The standard InChI is InChI=1S/C27H34N6O3/c1-32-24-9-6-20(15-21(24)16-29-32)26(34)31-23(27(35)36)11-14-33-13-10-18(17-33)4-7-22-8-5-19-3-2-12-28-25(19)30-22/h5-6,8-9,15-16,18,23H,2-4,7,10-14,17H2,1H3,(H,28,30)(H,31,34)(H,35,36)/t18-,23+/m1/s1. The summed E-state index contributed by atoms with van der Waals surface area (Å²) in [5, 5.41) is 20.9. The molecule has 1 saturated heterocycles. The first-order valence-corrected chi connectivity index (χ1v) is 12.9. The van der Waals surface area contributed by atoms with Crippen molar-refractivity contribution in [1.82, 2.24) is 25.0 Å². The molecular formula is C27H34N6O3. The molecule has 1 amide bonds. The lowest BCUT2D eigenvalue weighted by molar-refractivity contribution is -0.139. The maximum Gasteiger partial charge on any atom is 0.326 e. The number of carbonyl (C=O) groups is 2. The lowest BCUT2D eigenvalue weighted by Gasteiger charge is -2.20. The Kier molecular flexibility index (Phi) is 7.18. The number of amides is 1. The molecule has 2 aliphatic rings. The number of carboxylic acid groups (broad SMARTS) is 1. The van der Waals surface area contributed by atoms with E-state index in [1.165, 1.54) is 12.0 Å². The smallest absolute Gasteiger partial charge is 0.326 e. The number of hydrogen-bond donors (Lipinski definition) is 3. The van der Waals surface area contributed by atoms with Crippen molar-refractivity contribution in [2.45, 2.75) is 44.6 Å². The summed E-state index contributed by atoms with van der Waals surface area (Å²) in [5.41, 5.74) is 3.81. The van der Waals surface area contributed by atoms with Crippen LogP contribution in [0.25, 0.3) is 10.9 Å². The van der Waals surface area contributed by atoms with E-state index in [2.05, 4.69) is 32.8 Å². The van der Waals surface area contributed by atoms with Crippen LogP contribution < -0.4 is 10.6 Å². The van der Waals surface area contributed by atoms with Gasteiger partial charge in [-0.15, -0.1) is 0 Å². The predicted octanol–water partition coefficient (Wildman–Crippen LogP) is 2.85. The number of aromatic nitrogens is 3. The molecule has 3 aromatic rings. The number of pyridine rings is 1. The Morgan fingerprint density at radius 2 is 2.17 bits per heavy atom. The third-order valence-corrected chi connectivity index (χ3v) is 7.48. The predicted molar refractivity (Wildman–Crippen MR) is 138 cm³/mol. The maximum atomic E-state index is 12.7. The number of carbonyl (C=O) groups excluding carboxylic acids is 1.